The largest absolute Gasteiger partial charge is 0.371 e. The molecule has 2 unspecified atom stereocenters. The molecule has 2 heterocycles. The topological polar surface area (TPSA) is 15.3 Å². The van der Waals surface area contributed by atoms with E-state index in [-0.39, 0.29) is 0 Å². The molecule has 3 heteroatoms. The van der Waals surface area contributed by atoms with Crippen LogP contribution in [0.4, 0.5) is 5.69 Å². The summed E-state index contributed by atoms with van der Waals surface area (Å²) in [6, 6.07) is 6.98. The van der Waals surface area contributed by atoms with E-state index in [1.54, 1.807) is 0 Å². The Bertz CT molecular complexity index is 405. The fraction of sp³-hybridized carbons (Fsp3) is 0.538. The third-order valence-electron chi connectivity index (χ3n) is 3.97. The van der Waals surface area contributed by atoms with Crippen LogP contribution in [0.25, 0.3) is 0 Å². The van der Waals surface area contributed by atoms with Gasteiger partial charge in [-0.15, -0.1) is 0 Å². The molecule has 2 aliphatic rings. The van der Waals surface area contributed by atoms with E-state index in [1.807, 2.05) is 6.07 Å². The van der Waals surface area contributed by atoms with Gasteiger partial charge in [-0.1, -0.05) is 17.7 Å². The highest BCUT2D eigenvalue weighted by Crippen LogP contribution is 2.36. The fourth-order valence-corrected chi connectivity index (χ4v) is 3.29. The summed E-state index contributed by atoms with van der Waals surface area (Å²) in [7, 11) is 2.21. The van der Waals surface area contributed by atoms with Gasteiger partial charge < -0.3 is 10.2 Å². The molecule has 2 aliphatic heterocycles. The van der Waals surface area contributed by atoms with Crippen LogP contribution in [0, 0.1) is 5.92 Å². The van der Waals surface area contributed by atoms with E-state index in [9.17, 15) is 0 Å². The first kappa shape index (κ1) is 10.4. The lowest BCUT2D eigenvalue weighted by Gasteiger charge is -2.44. The van der Waals surface area contributed by atoms with Gasteiger partial charge in [-0.05, 0) is 43.0 Å². The van der Waals surface area contributed by atoms with E-state index in [1.165, 1.54) is 24.1 Å². The van der Waals surface area contributed by atoms with Crippen molar-refractivity contribution < 1.29 is 0 Å². The summed E-state index contributed by atoms with van der Waals surface area (Å²) in [5, 5.41) is 4.34. The zero-order valence-electron chi connectivity index (χ0n) is 9.54. The van der Waals surface area contributed by atoms with Crippen molar-refractivity contribution in [2.24, 2.45) is 5.92 Å². The second-order valence-electron chi connectivity index (χ2n) is 4.91. The van der Waals surface area contributed by atoms with Crippen molar-refractivity contribution >= 4 is 17.3 Å². The van der Waals surface area contributed by atoms with Crippen molar-refractivity contribution in [2.75, 3.05) is 25.0 Å². The van der Waals surface area contributed by atoms with E-state index < -0.39 is 0 Å². The van der Waals surface area contributed by atoms with Crippen molar-refractivity contribution in [2.45, 2.75) is 18.9 Å². The van der Waals surface area contributed by atoms with Crippen molar-refractivity contribution in [1.29, 1.82) is 0 Å². The molecule has 0 radical (unpaired) electrons. The summed E-state index contributed by atoms with van der Waals surface area (Å²) >= 11 is 6.08. The van der Waals surface area contributed by atoms with Crippen LogP contribution in [-0.2, 0) is 6.42 Å². The van der Waals surface area contributed by atoms with Gasteiger partial charge in [-0.3, -0.25) is 0 Å². The second-order valence-corrected chi connectivity index (χ2v) is 5.34. The van der Waals surface area contributed by atoms with E-state index in [2.05, 4.69) is 29.4 Å². The molecule has 3 rings (SSSR count). The Morgan fingerprint density at radius 1 is 1.44 bits per heavy atom. The molecule has 0 saturated carbocycles. The molecule has 1 N–H and O–H groups in total. The summed E-state index contributed by atoms with van der Waals surface area (Å²) in [4.78, 5) is 2.43. The van der Waals surface area contributed by atoms with Gasteiger partial charge in [0, 0.05) is 30.3 Å². The maximum Gasteiger partial charge on any atom is 0.0426 e. The first-order valence-electron chi connectivity index (χ1n) is 5.97. The fourth-order valence-electron chi connectivity index (χ4n) is 3.13. The number of benzene rings is 1. The Morgan fingerprint density at radius 2 is 2.31 bits per heavy atom. The zero-order valence-corrected chi connectivity index (χ0v) is 10.3. The smallest absolute Gasteiger partial charge is 0.0426 e. The molecule has 2 atom stereocenters. The van der Waals surface area contributed by atoms with Crippen LogP contribution < -0.4 is 10.2 Å². The normalized spacial score (nSPS) is 28.5. The summed E-state index contributed by atoms with van der Waals surface area (Å²) in [6.07, 6.45) is 2.43. The number of halogens is 1. The average Bonchev–Trinajstić information content (AvgIpc) is 2.31. The van der Waals surface area contributed by atoms with Crippen molar-refractivity contribution in [3.63, 3.8) is 0 Å². The maximum absolute atomic E-state index is 6.08. The summed E-state index contributed by atoms with van der Waals surface area (Å²) in [5.41, 5.74) is 2.77. The van der Waals surface area contributed by atoms with Crippen molar-refractivity contribution in [3.8, 4) is 0 Å². The first-order valence-corrected chi connectivity index (χ1v) is 6.35. The Morgan fingerprint density at radius 3 is 3.19 bits per heavy atom. The molecule has 0 aromatic heterocycles. The summed E-state index contributed by atoms with van der Waals surface area (Å²) in [6.45, 7) is 2.29. The minimum atomic E-state index is 0.687. The van der Waals surface area contributed by atoms with Crippen molar-refractivity contribution in [1.82, 2.24) is 5.32 Å². The summed E-state index contributed by atoms with van der Waals surface area (Å²) in [5.74, 6) is 0.757. The molecule has 0 spiro atoms. The van der Waals surface area contributed by atoms with Gasteiger partial charge in [-0.2, -0.15) is 0 Å². The molecule has 2 nitrogen and oxygen atoms in total. The highest BCUT2D eigenvalue weighted by Gasteiger charge is 2.33. The van der Waals surface area contributed by atoms with Gasteiger partial charge >= 0.3 is 0 Å². The predicted octanol–water partition coefficient (Wildman–Crippen LogP) is 2.31. The number of piperidine rings is 1. The van der Waals surface area contributed by atoms with Gasteiger partial charge in [-0.25, -0.2) is 0 Å². The highest BCUT2D eigenvalue weighted by atomic mass is 35.5. The zero-order chi connectivity index (χ0) is 11.1. The van der Waals surface area contributed by atoms with Gasteiger partial charge in [0.1, 0.15) is 0 Å². The van der Waals surface area contributed by atoms with Crippen LogP contribution in [0.15, 0.2) is 18.2 Å². The monoisotopic (exact) mass is 236 g/mol. The number of anilines is 1. The summed E-state index contributed by atoms with van der Waals surface area (Å²) < 4.78 is 0. The lowest BCUT2D eigenvalue weighted by atomic mass is 9.82. The van der Waals surface area contributed by atoms with Gasteiger partial charge in [0.2, 0.25) is 0 Å². The number of nitrogens with zero attached hydrogens (tertiary/aromatic N) is 1. The number of fused-ring (bicyclic) bond motifs is 2. The minimum Gasteiger partial charge on any atom is -0.371 e. The lowest BCUT2D eigenvalue weighted by molar-refractivity contribution is 0.304. The van der Waals surface area contributed by atoms with Crippen LogP contribution >= 0.6 is 11.6 Å². The Labute approximate surface area is 102 Å². The molecular formula is C13H17ClN2. The van der Waals surface area contributed by atoms with E-state index in [4.69, 9.17) is 11.6 Å². The molecule has 1 aromatic rings. The Hall–Kier alpha value is -0.730. The molecular weight excluding hydrogens is 220 g/mol. The molecule has 1 saturated heterocycles. The second kappa shape index (κ2) is 3.94. The third kappa shape index (κ3) is 1.61. The Kier molecular flexibility index (Phi) is 2.56. The van der Waals surface area contributed by atoms with E-state index >= 15 is 0 Å². The van der Waals surface area contributed by atoms with Crippen LogP contribution in [0.3, 0.4) is 0 Å². The van der Waals surface area contributed by atoms with Gasteiger partial charge in [0.15, 0.2) is 0 Å². The number of nitrogens with one attached hydrogen (secondary N) is 1. The molecule has 16 heavy (non-hydrogen) atoms. The van der Waals surface area contributed by atoms with Crippen molar-refractivity contribution in [3.05, 3.63) is 28.8 Å². The van der Waals surface area contributed by atoms with Crippen LogP contribution in [0.5, 0.6) is 0 Å². The van der Waals surface area contributed by atoms with Gasteiger partial charge in [0.25, 0.3) is 0 Å². The van der Waals surface area contributed by atoms with Crippen LogP contribution in [-0.4, -0.2) is 26.2 Å². The molecule has 0 amide bonds. The molecule has 0 bridgehead atoms. The number of hydrogen-bond donors (Lipinski definition) is 1. The van der Waals surface area contributed by atoms with Crippen LogP contribution in [0.2, 0.25) is 5.02 Å². The van der Waals surface area contributed by atoms with E-state index in [0.29, 0.717) is 6.04 Å². The molecule has 1 fully saturated rings. The minimum absolute atomic E-state index is 0.687. The quantitative estimate of drug-likeness (QED) is 0.744. The SMILES string of the molecule is CN1c2cc(Cl)ccc2CC2CNCCC21. The van der Waals surface area contributed by atoms with Crippen LogP contribution in [0.1, 0.15) is 12.0 Å². The maximum atomic E-state index is 6.08. The standard InChI is InChI=1S/C13H17ClN2/c1-16-12-4-5-15-8-10(12)6-9-2-3-11(14)7-13(9)16/h2-3,7,10,12,15H,4-6,8H2,1H3. The first-order chi connectivity index (χ1) is 7.75. The lowest BCUT2D eigenvalue weighted by Crippen LogP contribution is -2.51. The highest BCUT2D eigenvalue weighted by molar-refractivity contribution is 6.30. The molecule has 1 aromatic carbocycles. The van der Waals surface area contributed by atoms with Gasteiger partial charge in [0.05, 0.1) is 0 Å². The molecule has 0 aliphatic carbocycles. The Balaban J connectivity index is 2.00. The average molecular weight is 237 g/mol. The van der Waals surface area contributed by atoms with E-state index in [0.717, 1.165) is 24.0 Å². The predicted molar refractivity (Wildman–Crippen MR) is 68.3 cm³/mol. The molecule has 86 valence electrons. The number of hydrogen-bond acceptors (Lipinski definition) is 2. The third-order valence-corrected chi connectivity index (χ3v) is 4.21. The number of rotatable bonds is 0.